The molecule has 0 aromatic heterocycles. The Hall–Kier alpha value is -1.11. The van der Waals surface area contributed by atoms with Gasteiger partial charge in [-0.05, 0) is 31.0 Å². The zero-order valence-electron chi connectivity index (χ0n) is 10.1. The molecule has 0 fully saturated rings. The van der Waals surface area contributed by atoms with Gasteiger partial charge >= 0.3 is 0 Å². The van der Waals surface area contributed by atoms with E-state index in [2.05, 4.69) is 18.2 Å². The molecular formula is C14H19NOS. The van der Waals surface area contributed by atoms with Crippen molar-refractivity contribution in [3.63, 3.8) is 0 Å². The predicted molar refractivity (Wildman–Crippen MR) is 75.4 cm³/mol. The summed E-state index contributed by atoms with van der Waals surface area (Å²) in [5.74, 6) is 4.76. The third kappa shape index (κ3) is 6.25. The number of terminal acetylenes is 1. The summed E-state index contributed by atoms with van der Waals surface area (Å²) in [4.78, 5) is 0. The summed E-state index contributed by atoms with van der Waals surface area (Å²) < 4.78 is 0. The summed E-state index contributed by atoms with van der Waals surface area (Å²) in [7, 11) is 0. The quantitative estimate of drug-likeness (QED) is 0.574. The number of aromatic hydroxyl groups is 1. The Morgan fingerprint density at radius 1 is 1.41 bits per heavy atom. The number of hydrogen-bond donors (Lipinski definition) is 2. The van der Waals surface area contributed by atoms with E-state index in [1.54, 1.807) is 23.9 Å². The van der Waals surface area contributed by atoms with Crippen LogP contribution in [0.1, 0.15) is 12.5 Å². The summed E-state index contributed by atoms with van der Waals surface area (Å²) in [6.07, 6.45) is 6.15. The average Bonchev–Trinajstić information content (AvgIpc) is 2.32. The van der Waals surface area contributed by atoms with Crippen LogP contribution >= 0.6 is 11.8 Å². The Balaban J connectivity index is 2.18. The number of phenols is 1. The van der Waals surface area contributed by atoms with Gasteiger partial charge in [-0.2, -0.15) is 0 Å². The lowest BCUT2D eigenvalue weighted by Crippen LogP contribution is -2.30. The summed E-state index contributed by atoms with van der Waals surface area (Å²) in [6, 6.07) is 7.81. The van der Waals surface area contributed by atoms with Crippen molar-refractivity contribution in [2.24, 2.45) is 0 Å². The van der Waals surface area contributed by atoms with E-state index in [-0.39, 0.29) is 0 Å². The average molecular weight is 249 g/mol. The largest absolute Gasteiger partial charge is 0.508 e. The maximum atomic E-state index is 9.18. The first-order valence-corrected chi connectivity index (χ1v) is 6.90. The monoisotopic (exact) mass is 249 g/mol. The van der Waals surface area contributed by atoms with E-state index in [0.717, 1.165) is 24.5 Å². The lowest BCUT2D eigenvalue weighted by Gasteiger charge is -2.13. The van der Waals surface area contributed by atoms with Crippen molar-refractivity contribution in [2.45, 2.75) is 19.4 Å². The molecule has 1 atom stereocenters. The van der Waals surface area contributed by atoms with Crippen LogP contribution in [0.4, 0.5) is 0 Å². The van der Waals surface area contributed by atoms with Crippen LogP contribution in [-0.2, 0) is 6.42 Å². The summed E-state index contributed by atoms with van der Waals surface area (Å²) >= 11 is 1.77. The van der Waals surface area contributed by atoms with Crippen LogP contribution in [0, 0.1) is 12.3 Å². The Kier molecular flexibility index (Phi) is 6.61. The number of benzene rings is 1. The fourth-order valence-electron chi connectivity index (χ4n) is 1.57. The predicted octanol–water partition coefficient (Wildman–Crippen LogP) is 2.28. The van der Waals surface area contributed by atoms with Crippen LogP contribution in [0.5, 0.6) is 5.75 Å². The van der Waals surface area contributed by atoms with Gasteiger partial charge in [-0.15, -0.1) is 18.2 Å². The molecule has 1 rings (SSSR count). The maximum Gasteiger partial charge on any atom is 0.115 e. The fourth-order valence-corrected chi connectivity index (χ4v) is 2.09. The second kappa shape index (κ2) is 8.05. The molecular weight excluding hydrogens is 230 g/mol. The zero-order valence-corrected chi connectivity index (χ0v) is 11.0. The molecule has 92 valence electrons. The second-order valence-electron chi connectivity index (χ2n) is 3.98. The van der Waals surface area contributed by atoms with Crippen molar-refractivity contribution in [1.29, 1.82) is 0 Å². The molecule has 0 heterocycles. The van der Waals surface area contributed by atoms with E-state index in [1.807, 2.05) is 12.1 Å². The van der Waals surface area contributed by atoms with Gasteiger partial charge in [0, 0.05) is 18.3 Å². The van der Waals surface area contributed by atoms with Gasteiger partial charge in [0.25, 0.3) is 0 Å². The first-order chi connectivity index (χ1) is 8.22. The van der Waals surface area contributed by atoms with E-state index in [0.29, 0.717) is 11.8 Å². The maximum absolute atomic E-state index is 9.18. The Morgan fingerprint density at radius 3 is 2.76 bits per heavy atom. The fraction of sp³-hybridized carbons (Fsp3) is 0.429. The highest BCUT2D eigenvalue weighted by atomic mass is 32.2. The number of nitrogens with one attached hydrogen (secondary N) is 1. The number of hydrogen-bond acceptors (Lipinski definition) is 3. The van der Waals surface area contributed by atoms with Gasteiger partial charge in [0.05, 0.1) is 5.75 Å². The minimum Gasteiger partial charge on any atom is -0.508 e. The molecule has 0 amide bonds. The smallest absolute Gasteiger partial charge is 0.115 e. The van der Waals surface area contributed by atoms with Gasteiger partial charge in [-0.25, -0.2) is 0 Å². The molecule has 1 unspecified atom stereocenters. The summed E-state index contributed by atoms with van der Waals surface area (Å²) in [6.45, 7) is 3.14. The third-order valence-corrected chi connectivity index (χ3v) is 3.27. The summed E-state index contributed by atoms with van der Waals surface area (Å²) in [5.41, 5.74) is 1.24. The highest BCUT2D eigenvalue weighted by molar-refractivity contribution is 7.99. The highest BCUT2D eigenvalue weighted by Crippen LogP contribution is 2.11. The van der Waals surface area contributed by atoms with E-state index in [4.69, 9.17) is 6.42 Å². The van der Waals surface area contributed by atoms with Crippen LogP contribution in [0.2, 0.25) is 0 Å². The van der Waals surface area contributed by atoms with Crippen LogP contribution in [0.3, 0.4) is 0 Å². The minimum absolute atomic E-state index is 0.319. The molecule has 2 N–H and O–H groups in total. The van der Waals surface area contributed by atoms with Crippen molar-refractivity contribution in [1.82, 2.24) is 5.32 Å². The van der Waals surface area contributed by atoms with Gasteiger partial charge in [0.2, 0.25) is 0 Å². The Bertz CT molecular complexity index is 355. The van der Waals surface area contributed by atoms with Crippen molar-refractivity contribution in [2.75, 3.05) is 18.1 Å². The lowest BCUT2D eigenvalue weighted by molar-refractivity contribution is 0.474. The normalized spacial score (nSPS) is 12.0. The van der Waals surface area contributed by atoms with Crippen LogP contribution < -0.4 is 5.32 Å². The van der Waals surface area contributed by atoms with Crippen molar-refractivity contribution >= 4 is 11.8 Å². The van der Waals surface area contributed by atoms with Crippen LogP contribution in [0.25, 0.3) is 0 Å². The van der Waals surface area contributed by atoms with Crippen LogP contribution in [0.15, 0.2) is 24.3 Å². The third-order valence-electron chi connectivity index (χ3n) is 2.40. The van der Waals surface area contributed by atoms with E-state index < -0.39 is 0 Å². The van der Waals surface area contributed by atoms with Gasteiger partial charge in [0.15, 0.2) is 0 Å². The molecule has 0 radical (unpaired) electrons. The Labute approximate surface area is 108 Å². The highest BCUT2D eigenvalue weighted by Gasteiger charge is 2.02. The molecule has 3 heteroatoms. The van der Waals surface area contributed by atoms with Crippen molar-refractivity contribution in [3.05, 3.63) is 29.8 Å². The molecule has 17 heavy (non-hydrogen) atoms. The molecule has 0 saturated heterocycles. The second-order valence-corrected chi connectivity index (χ2v) is 5.09. The molecule has 0 aliphatic carbocycles. The number of rotatable bonds is 7. The lowest BCUT2D eigenvalue weighted by atomic mass is 10.1. The topological polar surface area (TPSA) is 32.3 Å². The molecule has 0 saturated carbocycles. The molecule has 1 aromatic rings. The van der Waals surface area contributed by atoms with E-state index in [9.17, 15) is 5.11 Å². The zero-order chi connectivity index (χ0) is 12.5. The van der Waals surface area contributed by atoms with Gasteiger partial charge in [-0.3, -0.25) is 0 Å². The molecule has 1 aromatic carbocycles. The molecule has 0 bridgehead atoms. The van der Waals surface area contributed by atoms with Crippen molar-refractivity contribution < 1.29 is 5.11 Å². The minimum atomic E-state index is 0.319. The molecule has 0 spiro atoms. The van der Waals surface area contributed by atoms with Crippen molar-refractivity contribution in [3.8, 4) is 18.1 Å². The first kappa shape index (κ1) is 14.0. The van der Waals surface area contributed by atoms with Gasteiger partial charge in [-0.1, -0.05) is 18.1 Å². The SMILES string of the molecule is C#CCSCCNC(C)Cc1ccc(O)cc1. The van der Waals surface area contributed by atoms with Gasteiger partial charge in [0.1, 0.15) is 5.75 Å². The van der Waals surface area contributed by atoms with Gasteiger partial charge < -0.3 is 10.4 Å². The molecule has 0 aliphatic rings. The summed E-state index contributed by atoms with van der Waals surface area (Å²) in [5, 5.41) is 12.6. The Morgan fingerprint density at radius 2 is 2.12 bits per heavy atom. The van der Waals surface area contributed by atoms with Crippen LogP contribution in [-0.4, -0.2) is 29.2 Å². The van der Waals surface area contributed by atoms with E-state index in [1.165, 1.54) is 5.56 Å². The standard InChI is InChI=1S/C14H19NOS/c1-3-9-17-10-8-15-12(2)11-13-4-6-14(16)7-5-13/h1,4-7,12,15-16H,8-11H2,2H3. The molecule has 2 nitrogen and oxygen atoms in total. The first-order valence-electron chi connectivity index (χ1n) is 5.75. The molecule has 0 aliphatic heterocycles. The number of thioether (sulfide) groups is 1. The van der Waals surface area contributed by atoms with E-state index >= 15 is 0 Å². The number of phenolic OH excluding ortho intramolecular Hbond substituents is 1.